The number of carbonyl (C=O) groups excluding carboxylic acids is 1. The molecule has 25 heavy (non-hydrogen) atoms. The summed E-state index contributed by atoms with van der Waals surface area (Å²) in [4.78, 5) is 14.9. The molecule has 1 aromatic heterocycles. The van der Waals surface area contributed by atoms with Gasteiger partial charge in [0.05, 0.1) is 17.2 Å². The van der Waals surface area contributed by atoms with E-state index < -0.39 is 0 Å². The maximum Gasteiger partial charge on any atom is 0.258 e. The highest BCUT2D eigenvalue weighted by molar-refractivity contribution is 9.10. The fourth-order valence-electron chi connectivity index (χ4n) is 3.38. The summed E-state index contributed by atoms with van der Waals surface area (Å²) in [6.45, 7) is 2.78. The van der Waals surface area contributed by atoms with Gasteiger partial charge in [0.15, 0.2) is 0 Å². The van der Waals surface area contributed by atoms with E-state index in [0.717, 1.165) is 22.1 Å². The Morgan fingerprint density at radius 3 is 2.68 bits per heavy atom. The van der Waals surface area contributed by atoms with Gasteiger partial charge < -0.3 is 4.90 Å². The van der Waals surface area contributed by atoms with Crippen LogP contribution >= 0.6 is 15.9 Å². The van der Waals surface area contributed by atoms with Crippen molar-refractivity contribution in [2.75, 3.05) is 4.90 Å². The molecule has 1 amide bonds. The van der Waals surface area contributed by atoms with E-state index in [-0.39, 0.29) is 11.9 Å². The molecule has 1 aliphatic rings. The number of nitrogens with zero attached hydrogens (tertiary/aromatic N) is 3. The zero-order valence-electron chi connectivity index (χ0n) is 13.9. The van der Waals surface area contributed by atoms with Gasteiger partial charge in [0.25, 0.3) is 5.91 Å². The van der Waals surface area contributed by atoms with Crippen molar-refractivity contribution in [3.05, 3.63) is 82.1 Å². The van der Waals surface area contributed by atoms with E-state index in [0.29, 0.717) is 12.1 Å². The fraction of sp³-hybridized carbons (Fsp3) is 0.200. The average molecular weight is 396 g/mol. The first-order valence-corrected chi connectivity index (χ1v) is 9.09. The third-order valence-electron chi connectivity index (χ3n) is 4.57. The van der Waals surface area contributed by atoms with Crippen LogP contribution in [0.2, 0.25) is 0 Å². The van der Waals surface area contributed by atoms with Crippen LogP contribution in [0.15, 0.2) is 65.4 Å². The highest BCUT2D eigenvalue weighted by Gasteiger charge is 2.31. The van der Waals surface area contributed by atoms with Crippen LogP contribution in [0.5, 0.6) is 0 Å². The van der Waals surface area contributed by atoms with Crippen LogP contribution < -0.4 is 4.90 Å². The van der Waals surface area contributed by atoms with Gasteiger partial charge in [-0.2, -0.15) is 5.10 Å². The molecule has 0 saturated carbocycles. The molecule has 0 radical (unpaired) electrons. The first-order valence-electron chi connectivity index (χ1n) is 8.30. The Labute approximate surface area is 155 Å². The fourth-order valence-corrected chi connectivity index (χ4v) is 3.71. The van der Waals surface area contributed by atoms with E-state index in [1.807, 2.05) is 58.2 Å². The molecule has 0 fully saturated rings. The normalized spacial score (nSPS) is 16.1. The molecule has 2 aromatic carbocycles. The van der Waals surface area contributed by atoms with Crippen molar-refractivity contribution >= 4 is 27.5 Å². The molecular weight excluding hydrogens is 378 g/mol. The van der Waals surface area contributed by atoms with Gasteiger partial charge in [-0.25, -0.2) is 0 Å². The van der Waals surface area contributed by atoms with Crippen molar-refractivity contribution in [2.45, 2.75) is 25.9 Å². The predicted molar refractivity (Wildman–Crippen MR) is 102 cm³/mol. The Balaban J connectivity index is 1.55. The summed E-state index contributed by atoms with van der Waals surface area (Å²) in [5.74, 6) is 0.0610. The number of hydrogen-bond donors (Lipinski definition) is 0. The highest BCUT2D eigenvalue weighted by Crippen LogP contribution is 2.33. The number of hydrogen-bond acceptors (Lipinski definition) is 2. The maximum absolute atomic E-state index is 13.0. The lowest BCUT2D eigenvalue weighted by Crippen LogP contribution is -2.35. The number of anilines is 1. The summed E-state index contributed by atoms with van der Waals surface area (Å²) < 4.78 is 2.82. The topological polar surface area (TPSA) is 38.1 Å². The zero-order valence-corrected chi connectivity index (χ0v) is 15.5. The molecule has 0 N–H and O–H groups in total. The summed E-state index contributed by atoms with van der Waals surface area (Å²) in [5.41, 5.74) is 4.10. The molecule has 0 aliphatic carbocycles. The van der Waals surface area contributed by atoms with Crippen molar-refractivity contribution in [3.63, 3.8) is 0 Å². The van der Waals surface area contributed by atoms with Crippen molar-refractivity contribution in [1.82, 2.24) is 9.78 Å². The number of carbonyl (C=O) groups is 1. The van der Waals surface area contributed by atoms with Gasteiger partial charge >= 0.3 is 0 Å². The van der Waals surface area contributed by atoms with Crippen LogP contribution in [-0.4, -0.2) is 21.7 Å². The van der Waals surface area contributed by atoms with Crippen LogP contribution in [0.1, 0.15) is 28.4 Å². The second-order valence-corrected chi connectivity index (χ2v) is 7.33. The molecule has 1 aliphatic heterocycles. The smallest absolute Gasteiger partial charge is 0.258 e. The van der Waals surface area contributed by atoms with Gasteiger partial charge in [-0.15, -0.1) is 0 Å². The van der Waals surface area contributed by atoms with Gasteiger partial charge in [0, 0.05) is 23.5 Å². The van der Waals surface area contributed by atoms with E-state index in [1.54, 1.807) is 6.20 Å². The standard InChI is InChI=1S/C20H18BrN3O/c1-14-10-17-4-2-3-5-19(17)24(14)20(25)16-8-6-15(7-9-16)12-23-13-18(21)11-22-23/h2-9,11,13-14H,10,12H2,1H3. The molecule has 0 saturated heterocycles. The molecule has 0 bridgehead atoms. The van der Waals surface area contributed by atoms with Crippen LogP contribution in [0.25, 0.3) is 0 Å². The number of para-hydroxylation sites is 1. The monoisotopic (exact) mass is 395 g/mol. The molecular formula is C20H18BrN3O. The summed E-state index contributed by atoms with van der Waals surface area (Å²) in [6.07, 6.45) is 4.61. The van der Waals surface area contributed by atoms with E-state index in [1.165, 1.54) is 5.56 Å². The number of halogens is 1. The lowest BCUT2D eigenvalue weighted by atomic mass is 10.1. The first kappa shape index (κ1) is 16.1. The Hall–Kier alpha value is -2.40. The molecule has 1 atom stereocenters. The van der Waals surface area contributed by atoms with Crippen LogP contribution in [-0.2, 0) is 13.0 Å². The third kappa shape index (κ3) is 3.12. The maximum atomic E-state index is 13.0. The quantitative estimate of drug-likeness (QED) is 0.663. The van der Waals surface area contributed by atoms with Gasteiger partial charge in [-0.05, 0) is 58.6 Å². The lowest BCUT2D eigenvalue weighted by Gasteiger charge is -2.23. The van der Waals surface area contributed by atoms with Gasteiger partial charge in [0.1, 0.15) is 0 Å². The number of amides is 1. The summed E-state index contributed by atoms with van der Waals surface area (Å²) in [6, 6.07) is 16.1. The molecule has 1 unspecified atom stereocenters. The van der Waals surface area contributed by atoms with Gasteiger partial charge in [-0.1, -0.05) is 30.3 Å². The molecule has 0 spiro atoms. The number of benzene rings is 2. The summed E-state index contributed by atoms with van der Waals surface area (Å²) >= 11 is 3.40. The van der Waals surface area contributed by atoms with E-state index in [9.17, 15) is 4.79 Å². The molecule has 126 valence electrons. The third-order valence-corrected chi connectivity index (χ3v) is 4.98. The average Bonchev–Trinajstić information content (AvgIpc) is 3.17. The largest absolute Gasteiger partial charge is 0.305 e. The Morgan fingerprint density at radius 2 is 1.96 bits per heavy atom. The minimum atomic E-state index is 0.0610. The van der Waals surface area contributed by atoms with Crippen molar-refractivity contribution < 1.29 is 4.79 Å². The van der Waals surface area contributed by atoms with Crippen molar-refractivity contribution in [3.8, 4) is 0 Å². The number of rotatable bonds is 3. The number of fused-ring (bicyclic) bond motifs is 1. The SMILES string of the molecule is CC1Cc2ccccc2N1C(=O)c1ccc(Cn2cc(Br)cn2)cc1. The molecule has 4 nitrogen and oxygen atoms in total. The number of aromatic nitrogens is 2. The first-order chi connectivity index (χ1) is 12.1. The molecule has 5 heteroatoms. The van der Waals surface area contributed by atoms with Crippen molar-refractivity contribution in [1.29, 1.82) is 0 Å². The minimum Gasteiger partial charge on any atom is -0.305 e. The van der Waals surface area contributed by atoms with Crippen LogP contribution in [0.4, 0.5) is 5.69 Å². The van der Waals surface area contributed by atoms with E-state index in [4.69, 9.17) is 0 Å². The second-order valence-electron chi connectivity index (χ2n) is 6.41. The van der Waals surface area contributed by atoms with Crippen LogP contribution in [0, 0.1) is 0 Å². The summed E-state index contributed by atoms with van der Waals surface area (Å²) in [5, 5.41) is 4.26. The molecule has 2 heterocycles. The molecule has 3 aromatic rings. The van der Waals surface area contributed by atoms with E-state index >= 15 is 0 Å². The summed E-state index contributed by atoms with van der Waals surface area (Å²) in [7, 11) is 0. The van der Waals surface area contributed by atoms with Gasteiger partial charge in [0.2, 0.25) is 0 Å². The van der Waals surface area contributed by atoms with Gasteiger partial charge in [-0.3, -0.25) is 9.48 Å². The van der Waals surface area contributed by atoms with E-state index in [2.05, 4.69) is 34.0 Å². The Bertz CT molecular complexity index is 917. The van der Waals surface area contributed by atoms with Crippen LogP contribution in [0.3, 0.4) is 0 Å². The van der Waals surface area contributed by atoms with Crippen molar-refractivity contribution in [2.24, 2.45) is 0 Å². The highest BCUT2D eigenvalue weighted by atomic mass is 79.9. The predicted octanol–water partition coefficient (Wildman–Crippen LogP) is 4.29. The Morgan fingerprint density at radius 1 is 1.20 bits per heavy atom. The molecule has 4 rings (SSSR count). The lowest BCUT2D eigenvalue weighted by molar-refractivity contribution is 0.0981. The second kappa shape index (κ2) is 6.48. The Kier molecular flexibility index (Phi) is 4.17. The minimum absolute atomic E-state index is 0.0610. The zero-order chi connectivity index (χ0) is 17.4.